The lowest BCUT2D eigenvalue weighted by atomic mass is 9.89. The fourth-order valence-electron chi connectivity index (χ4n) is 8.46. The highest BCUT2D eigenvalue weighted by molar-refractivity contribution is 6.28. The van der Waals surface area contributed by atoms with Gasteiger partial charge in [-0.2, -0.15) is 0 Å². The summed E-state index contributed by atoms with van der Waals surface area (Å²) in [5.41, 5.74) is 10.9. The Morgan fingerprint density at radius 3 is 1.51 bits per heavy atom. The standard InChI is InChI=1S/C52H33N3/c1-4-15-34(16-5-1)47-33-48(35-17-6-2-7-18-35)54-52(53-47)45-25-14-24-43-39-21-10-11-22-40(39)46-31-36(28-30-44(46)51(43)45)37-27-29-42-41-23-12-13-26-49(41)55(50(42)32-37)38-19-8-3-9-20-38/h1-33H. The molecular formula is C52H33N3. The molecule has 3 nitrogen and oxygen atoms in total. The van der Waals surface area contributed by atoms with Gasteiger partial charge in [-0.1, -0.05) is 164 Å². The summed E-state index contributed by atoms with van der Waals surface area (Å²) >= 11 is 0. The summed E-state index contributed by atoms with van der Waals surface area (Å²) in [4.78, 5) is 10.5. The minimum Gasteiger partial charge on any atom is -0.309 e. The van der Waals surface area contributed by atoms with Crippen molar-refractivity contribution in [2.45, 2.75) is 0 Å². The van der Waals surface area contributed by atoms with Gasteiger partial charge in [-0.3, -0.25) is 0 Å². The molecular weight excluding hydrogens is 667 g/mol. The van der Waals surface area contributed by atoms with Crippen molar-refractivity contribution in [2.75, 3.05) is 0 Å². The Balaban J connectivity index is 1.16. The smallest absolute Gasteiger partial charge is 0.161 e. The van der Waals surface area contributed by atoms with Crippen LogP contribution in [0.3, 0.4) is 0 Å². The van der Waals surface area contributed by atoms with Gasteiger partial charge in [0.25, 0.3) is 0 Å². The fourth-order valence-corrected chi connectivity index (χ4v) is 8.46. The second-order valence-corrected chi connectivity index (χ2v) is 14.1. The maximum absolute atomic E-state index is 5.27. The van der Waals surface area contributed by atoms with Gasteiger partial charge in [0.2, 0.25) is 0 Å². The molecule has 2 heterocycles. The highest BCUT2D eigenvalue weighted by atomic mass is 15.0. The van der Waals surface area contributed by atoms with Crippen LogP contribution in [-0.4, -0.2) is 14.5 Å². The quantitative estimate of drug-likeness (QED) is 0.167. The Labute approximate surface area is 318 Å². The zero-order chi connectivity index (χ0) is 36.3. The van der Waals surface area contributed by atoms with Gasteiger partial charge in [-0.15, -0.1) is 0 Å². The first-order valence-electron chi connectivity index (χ1n) is 18.7. The van der Waals surface area contributed by atoms with Gasteiger partial charge in [0.1, 0.15) is 0 Å². The Bertz CT molecular complexity index is 3180. The van der Waals surface area contributed by atoms with Crippen molar-refractivity contribution in [1.29, 1.82) is 0 Å². The van der Waals surface area contributed by atoms with E-state index in [1.54, 1.807) is 0 Å². The van der Waals surface area contributed by atoms with Crippen LogP contribution in [0.2, 0.25) is 0 Å². The van der Waals surface area contributed by atoms with Crippen LogP contribution in [0.15, 0.2) is 200 Å². The van der Waals surface area contributed by atoms with Gasteiger partial charge in [0, 0.05) is 38.5 Å². The van der Waals surface area contributed by atoms with E-state index >= 15 is 0 Å². The highest BCUT2D eigenvalue weighted by Crippen LogP contribution is 2.42. The molecule has 0 saturated heterocycles. The summed E-state index contributed by atoms with van der Waals surface area (Å²) in [7, 11) is 0. The zero-order valence-corrected chi connectivity index (χ0v) is 29.9. The van der Waals surface area contributed by atoms with Crippen LogP contribution < -0.4 is 0 Å². The third kappa shape index (κ3) is 5.13. The van der Waals surface area contributed by atoms with Crippen molar-refractivity contribution in [1.82, 2.24) is 14.5 Å². The fraction of sp³-hybridized carbons (Fsp3) is 0. The molecule has 0 saturated carbocycles. The topological polar surface area (TPSA) is 30.7 Å². The van der Waals surface area contributed by atoms with Crippen LogP contribution in [-0.2, 0) is 0 Å². The molecule has 0 fully saturated rings. The van der Waals surface area contributed by atoms with Gasteiger partial charge in [0.15, 0.2) is 5.82 Å². The van der Waals surface area contributed by atoms with E-state index in [9.17, 15) is 0 Å². The zero-order valence-electron chi connectivity index (χ0n) is 29.9. The van der Waals surface area contributed by atoms with E-state index in [1.807, 2.05) is 12.1 Å². The second-order valence-electron chi connectivity index (χ2n) is 14.1. The molecule has 0 aliphatic carbocycles. The van der Waals surface area contributed by atoms with Crippen LogP contribution in [0.4, 0.5) is 0 Å². The van der Waals surface area contributed by atoms with Crippen molar-refractivity contribution < 1.29 is 0 Å². The van der Waals surface area contributed by atoms with Gasteiger partial charge in [-0.25, -0.2) is 9.97 Å². The summed E-state index contributed by atoms with van der Waals surface area (Å²) in [6.07, 6.45) is 0. The summed E-state index contributed by atoms with van der Waals surface area (Å²) in [6.45, 7) is 0. The van der Waals surface area contributed by atoms with Gasteiger partial charge in [-0.05, 0) is 74.5 Å². The maximum Gasteiger partial charge on any atom is 0.161 e. The van der Waals surface area contributed by atoms with Gasteiger partial charge < -0.3 is 4.57 Å². The molecule has 11 aromatic rings. The molecule has 0 aliphatic rings. The number of fused-ring (bicyclic) bond motifs is 9. The van der Waals surface area contributed by atoms with E-state index in [-0.39, 0.29) is 0 Å². The normalized spacial score (nSPS) is 11.6. The summed E-state index contributed by atoms with van der Waals surface area (Å²) in [5, 5.41) is 9.69. The summed E-state index contributed by atoms with van der Waals surface area (Å²) < 4.78 is 2.39. The Morgan fingerprint density at radius 1 is 0.309 bits per heavy atom. The molecule has 0 bridgehead atoms. The van der Waals surface area contributed by atoms with E-state index in [1.165, 1.54) is 59.9 Å². The summed E-state index contributed by atoms with van der Waals surface area (Å²) in [6, 6.07) is 71.5. The number of hydrogen-bond acceptors (Lipinski definition) is 2. The Morgan fingerprint density at radius 2 is 0.818 bits per heavy atom. The van der Waals surface area contributed by atoms with Crippen molar-refractivity contribution in [3.05, 3.63) is 200 Å². The highest BCUT2D eigenvalue weighted by Gasteiger charge is 2.18. The van der Waals surface area contributed by atoms with E-state index in [0.717, 1.165) is 39.2 Å². The van der Waals surface area contributed by atoms with E-state index in [2.05, 4.69) is 193 Å². The first-order chi connectivity index (χ1) is 27.3. The largest absolute Gasteiger partial charge is 0.309 e. The predicted molar refractivity (Wildman–Crippen MR) is 231 cm³/mol. The number of hydrogen-bond donors (Lipinski definition) is 0. The number of nitrogens with zero attached hydrogens (tertiary/aromatic N) is 3. The lowest BCUT2D eigenvalue weighted by molar-refractivity contribution is 1.18. The summed E-state index contributed by atoms with van der Waals surface area (Å²) in [5.74, 6) is 0.714. The van der Waals surface area contributed by atoms with Gasteiger partial charge >= 0.3 is 0 Å². The van der Waals surface area contributed by atoms with E-state index in [0.29, 0.717) is 5.82 Å². The molecule has 9 aromatic carbocycles. The number of aromatic nitrogens is 3. The molecule has 0 radical (unpaired) electrons. The molecule has 55 heavy (non-hydrogen) atoms. The predicted octanol–water partition coefficient (Wildman–Crippen LogP) is 13.7. The van der Waals surface area contributed by atoms with Crippen LogP contribution in [0, 0.1) is 0 Å². The first kappa shape index (κ1) is 31.2. The van der Waals surface area contributed by atoms with Crippen molar-refractivity contribution in [3.63, 3.8) is 0 Å². The first-order valence-corrected chi connectivity index (χ1v) is 18.7. The molecule has 0 unspecified atom stereocenters. The van der Waals surface area contributed by atoms with E-state index < -0.39 is 0 Å². The van der Waals surface area contributed by atoms with Crippen LogP contribution in [0.5, 0.6) is 0 Å². The molecule has 0 atom stereocenters. The number of para-hydroxylation sites is 2. The SMILES string of the molecule is c1ccc(-c2cc(-c3ccccc3)nc(-c3cccc4c5ccccc5c5cc(-c6ccc7c8ccccc8n(-c8ccccc8)c7c6)ccc5c34)n2)cc1. The molecule has 0 spiro atoms. The van der Waals surface area contributed by atoms with Crippen LogP contribution in [0.1, 0.15) is 0 Å². The van der Waals surface area contributed by atoms with Crippen molar-refractivity contribution in [2.24, 2.45) is 0 Å². The second kappa shape index (κ2) is 12.6. The number of rotatable bonds is 5. The van der Waals surface area contributed by atoms with Crippen molar-refractivity contribution >= 4 is 54.1 Å². The molecule has 0 aliphatic heterocycles. The van der Waals surface area contributed by atoms with Crippen LogP contribution in [0.25, 0.3) is 105 Å². The van der Waals surface area contributed by atoms with Crippen molar-refractivity contribution in [3.8, 4) is 50.7 Å². The third-order valence-electron chi connectivity index (χ3n) is 11.0. The minimum absolute atomic E-state index is 0.714. The molecule has 3 heteroatoms. The Hall–Kier alpha value is -7.36. The maximum atomic E-state index is 5.27. The van der Waals surface area contributed by atoms with Crippen LogP contribution >= 0.6 is 0 Å². The molecule has 11 rings (SSSR count). The molecule has 256 valence electrons. The Kier molecular flexibility index (Phi) is 7.17. The monoisotopic (exact) mass is 699 g/mol. The van der Waals surface area contributed by atoms with E-state index in [4.69, 9.17) is 9.97 Å². The average Bonchev–Trinajstić information content (AvgIpc) is 3.60. The number of benzene rings is 9. The third-order valence-corrected chi connectivity index (χ3v) is 11.0. The molecule has 0 N–H and O–H groups in total. The average molecular weight is 700 g/mol. The molecule has 2 aromatic heterocycles. The minimum atomic E-state index is 0.714. The van der Waals surface area contributed by atoms with Gasteiger partial charge in [0.05, 0.1) is 22.4 Å². The lowest BCUT2D eigenvalue weighted by Gasteiger charge is -2.16. The lowest BCUT2D eigenvalue weighted by Crippen LogP contribution is -1.97. The molecule has 0 amide bonds.